The van der Waals surface area contributed by atoms with Crippen LogP contribution in [0, 0.1) is 6.92 Å². The number of alkyl halides is 2. The van der Waals surface area contributed by atoms with Crippen molar-refractivity contribution in [2.45, 2.75) is 20.0 Å². The molecule has 1 aromatic carbocycles. The number of fused-ring (bicyclic) bond motifs is 1. The lowest BCUT2D eigenvalue weighted by atomic mass is 10.0. The van der Waals surface area contributed by atoms with Crippen LogP contribution in [0.5, 0.6) is 5.75 Å². The van der Waals surface area contributed by atoms with E-state index in [4.69, 9.17) is 72.9 Å². The molecule has 4 heterocycles. The summed E-state index contributed by atoms with van der Waals surface area (Å²) in [5.41, 5.74) is 6.51. The highest BCUT2D eigenvalue weighted by Gasteiger charge is 2.27. The van der Waals surface area contributed by atoms with Gasteiger partial charge in [-0.15, -0.1) is 11.3 Å². The number of hydrogen-bond acceptors (Lipinski definition) is 7. The average Bonchev–Trinajstić information content (AvgIpc) is 3.68. The Kier molecular flexibility index (Phi) is 8.81. The minimum Gasteiger partial charge on any atom is -0.482 e. The molecule has 0 spiro atoms. The second kappa shape index (κ2) is 12.1. The van der Waals surface area contributed by atoms with Crippen molar-refractivity contribution in [2.24, 2.45) is 12.8 Å². The van der Waals surface area contributed by atoms with E-state index in [0.717, 1.165) is 11.3 Å². The SMILES string of the molecule is Cc1c(-c2cc(C(F)F)nc3sc(C(N)=O)c(NC(=O)c4ccc(COc5c(Cl)c(Cl)c(Cl)c(Cl)c5Cl)o4)c23)cnn1C. The third-order valence-corrected chi connectivity index (χ3v) is 9.65. The fraction of sp³-hybridized carbons (Fsp3) is 0.154. The van der Waals surface area contributed by atoms with E-state index in [1.807, 2.05) is 0 Å². The minimum atomic E-state index is -2.90. The first-order valence-corrected chi connectivity index (χ1v) is 14.6. The lowest BCUT2D eigenvalue weighted by Gasteiger charge is -2.13. The van der Waals surface area contributed by atoms with E-state index in [2.05, 4.69) is 15.4 Å². The number of pyridine rings is 1. The summed E-state index contributed by atoms with van der Waals surface area (Å²) >= 11 is 31.3. The first-order chi connectivity index (χ1) is 20.3. The van der Waals surface area contributed by atoms with Crippen LogP contribution in [0.3, 0.4) is 0 Å². The molecule has 224 valence electrons. The van der Waals surface area contributed by atoms with Crippen molar-refractivity contribution in [3.05, 3.63) is 77.3 Å². The van der Waals surface area contributed by atoms with Crippen LogP contribution in [-0.2, 0) is 13.7 Å². The van der Waals surface area contributed by atoms with Crippen molar-refractivity contribution in [1.29, 1.82) is 0 Å². The number of primary amides is 1. The van der Waals surface area contributed by atoms with E-state index in [1.54, 1.807) is 18.7 Å². The van der Waals surface area contributed by atoms with Crippen LogP contribution >= 0.6 is 69.3 Å². The van der Waals surface area contributed by atoms with Gasteiger partial charge in [-0.1, -0.05) is 58.0 Å². The van der Waals surface area contributed by atoms with Crippen LogP contribution in [0.4, 0.5) is 14.5 Å². The van der Waals surface area contributed by atoms with Gasteiger partial charge in [-0.3, -0.25) is 14.3 Å². The van der Waals surface area contributed by atoms with Crippen molar-refractivity contribution in [3.63, 3.8) is 0 Å². The maximum Gasteiger partial charge on any atom is 0.291 e. The number of anilines is 1. The zero-order valence-electron chi connectivity index (χ0n) is 21.7. The van der Waals surface area contributed by atoms with Gasteiger partial charge in [-0.2, -0.15) is 5.10 Å². The van der Waals surface area contributed by atoms with Crippen LogP contribution < -0.4 is 15.8 Å². The molecule has 3 N–H and O–H groups in total. The average molecular weight is 710 g/mol. The Hall–Kier alpha value is -3.13. The van der Waals surface area contributed by atoms with E-state index >= 15 is 0 Å². The summed E-state index contributed by atoms with van der Waals surface area (Å²) in [7, 11) is 1.69. The molecule has 5 rings (SSSR count). The first kappa shape index (κ1) is 31.3. The number of carbonyl (C=O) groups excluding carboxylic acids is 2. The molecule has 9 nitrogen and oxygen atoms in total. The van der Waals surface area contributed by atoms with Crippen molar-refractivity contribution >= 4 is 97.1 Å². The predicted octanol–water partition coefficient (Wildman–Crippen LogP) is 8.73. The van der Waals surface area contributed by atoms with Gasteiger partial charge in [-0.05, 0) is 30.7 Å². The summed E-state index contributed by atoms with van der Waals surface area (Å²) in [6, 6.07) is 4.01. The molecule has 0 atom stereocenters. The molecule has 0 bridgehead atoms. The molecule has 0 unspecified atom stereocenters. The van der Waals surface area contributed by atoms with Crippen molar-refractivity contribution in [3.8, 4) is 16.9 Å². The maximum absolute atomic E-state index is 13.8. The summed E-state index contributed by atoms with van der Waals surface area (Å²) in [5, 5.41) is 6.76. The summed E-state index contributed by atoms with van der Waals surface area (Å²) in [6.45, 7) is 1.51. The number of thiophene rings is 1. The van der Waals surface area contributed by atoms with E-state index in [1.165, 1.54) is 24.4 Å². The number of nitrogens with zero attached hydrogens (tertiary/aromatic N) is 3. The topological polar surface area (TPSA) is 125 Å². The van der Waals surface area contributed by atoms with Crippen molar-refractivity contribution in [2.75, 3.05) is 5.32 Å². The molecular formula is C26H16Cl5F2N5O4S. The van der Waals surface area contributed by atoms with Crippen LogP contribution in [0.2, 0.25) is 25.1 Å². The third kappa shape index (κ3) is 5.75. The molecule has 0 saturated carbocycles. The fourth-order valence-corrected chi connectivity index (χ4v) is 6.35. The number of carbonyl (C=O) groups is 2. The van der Waals surface area contributed by atoms with Crippen molar-refractivity contribution < 1.29 is 27.5 Å². The lowest BCUT2D eigenvalue weighted by molar-refractivity contribution is 0.0992. The van der Waals surface area contributed by atoms with E-state index < -0.39 is 23.9 Å². The maximum atomic E-state index is 13.8. The summed E-state index contributed by atoms with van der Waals surface area (Å²) in [5.74, 6) is -1.70. The third-order valence-electron chi connectivity index (χ3n) is 6.31. The van der Waals surface area contributed by atoms with Crippen molar-refractivity contribution in [1.82, 2.24) is 14.8 Å². The standard InChI is InChI=1S/C26H16Cl5F2N5O4S/c1-8-11(6-35-38(8)2)10-5-12(23(32)33)36-26-14(10)20(22(43-26)24(34)39)37-25(40)13-4-3-9(42-13)7-41-21-18(30)16(28)15(27)17(29)19(21)31/h3-6,23H,7H2,1-2H3,(H2,34,39)(H,37,40). The molecule has 4 aromatic heterocycles. The highest BCUT2D eigenvalue weighted by Crippen LogP contribution is 2.48. The Balaban J connectivity index is 1.50. The Morgan fingerprint density at radius 3 is 2.33 bits per heavy atom. The fourth-order valence-electron chi connectivity index (χ4n) is 4.10. The largest absolute Gasteiger partial charge is 0.482 e. The van der Waals surface area contributed by atoms with Crippen LogP contribution in [0.25, 0.3) is 21.3 Å². The van der Waals surface area contributed by atoms with Gasteiger partial charge < -0.3 is 20.2 Å². The second-order valence-electron chi connectivity index (χ2n) is 8.92. The molecule has 2 amide bonds. The molecule has 43 heavy (non-hydrogen) atoms. The van der Waals surface area contributed by atoms with Gasteiger partial charge in [0.1, 0.15) is 37.8 Å². The van der Waals surface area contributed by atoms with Gasteiger partial charge in [0, 0.05) is 23.7 Å². The zero-order valence-corrected chi connectivity index (χ0v) is 26.3. The molecule has 5 aromatic rings. The highest BCUT2D eigenvalue weighted by atomic mass is 35.5. The number of aromatic nitrogens is 3. The Bertz CT molecular complexity index is 1910. The van der Waals surface area contributed by atoms with E-state index in [9.17, 15) is 18.4 Å². The van der Waals surface area contributed by atoms with E-state index in [0.29, 0.717) is 11.3 Å². The number of nitrogens with two attached hydrogens (primary N) is 1. The predicted molar refractivity (Wildman–Crippen MR) is 163 cm³/mol. The molecular weight excluding hydrogens is 694 g/mol. The molecule has 17 heteroatoms. The summed E-state index contributed by atoms with van der Waals surface area (Å²) in [4.78, 5) is 29.7. The molecule has 0 aliphatic carbocycles. The minimum absolute atomic E-state index is 0.0118. The Morgan fingerprint density at radius 1 is 1.09 bits per heavy atom. The first-order valence-electron chi connectivity index (χ1n) is 11.9. The number of rotatable bonds is 8. The van der Waals surface area contributed by atoms with Crippen LogP contribution in [0.1, 0.15) is 43.8 Å². The number of furan rings is 1. The van der Waals surface area contributed by atoms with Crippen LogP contribution in [-0.4, -0.2) is 26.6 Å². The summed E-state index contributed by atoms with van der Waals surface area (Å²) in [6.07, 6.45) is -1.41. The molecule has 0 fully saturated rings. The van der Waals surface area contributed by atoms with Gasteiger partial charge in [0.2, 0.25) is 0 Å². The quantitative estimate of drug-likeness (QED) is 0.123. The molecule has 0 aliphatic rings. The van der Waals surface area contributed by atoms with Gasteiger partial charge in [0.25, 0.3) is 18.2 Å². The molecule has 0 aliphatic heterocycles. The highest BCUT2D eigenvalue weighted by molar-refractivity contribution is 7.21. The van der Waals surface area contributed by atoms with E-state index in [-0.39, 0.29) is 75.3 Å². The lowest BCUT2D eigenvalue weighted by Crippen LogP contribution is -2.16. The monoisotopic (exact) mass is 707 g/mol. The number of halogens is 7. The van der Waals surface area contributed by atoms with Gasteiger partial charge in [-0.25, -0.2) is 13.8 Å². The molecule has 0 saturated heterocycles. The Labute approximate surface area is 270 Å². The number of hydrogen-bond donors (Lipinski definition) is 2. The number of nitrogens with one attached hydrogen (secondary N) is 1. The zero-order chi connectivity index (χ0) is 31.3. The number of aryl methyl sites for hydroxylation is 1. The van der Waals surface area contributed by atoms with Gasteiger partial charge >= 0.3 is 0 Å². The van der Waals surface area contributed by atoms with Crippen LogP contribution in [0.15, 0.2) is 28.8 Å². The number of benzene rings is 1. The summed E-state index contributed by atoms with van der Waals surface area (Å²) < 4.78 is 40.4. The number of ether oxygens (including phenoxy) is 1. The normalized spacial score (nSPS) is 11.5. The van der Waals surface area contributed by atoms with Gasteiger partial charge in [0.15, 0.2) is 11.5 Å². The smallest absolute Gasteiger partial charge is 0.291 e. The number of amides is 2. The van der Waals surface area contributed by atoms with Gasteiger partial charge in [0.05, 0.1) is 27.0 Å². The molecule has 0 radical (unpaired) electrons. The Morgan fingerprint density at radius 2 is 1.74 bits per heavy atom. The second-order valence-corrected chi connectivity index (χ2v) is 11.8.